The van der Waals surface area contributed by atoms with Crippen molar-refractivity contribution in [1.29, 1.82) is 0 Å². The third-order valence-electron chi connectivity index (χ3n) is 11.0. The zero-order valence-electron chi connectivity index (χ0n) is 28.3. The van der Waals surface area contributed by atoms with Gasteiger partial charge in [0, 0.05) is 48.8 Å². The Bertz CT molecular complexity index is 1230. The molecular weight excluding hydrogens is 588 g/mol. The number of hydrogen-bond donors (Lipinski definition) is 3. The van der Waals surface area contributed by atoms with Gasteiger partial charge in [0.1, 0.15) is 17.7 Å². The van der Waals surface area contributed by atoms with Crippen LogP contribution < -0.4 is 16.0 Å². The van der Waals surface area contributed by atoms with Crippen molar-refractivity contribution in [2.75, 3.05) is 13.1 Å². The maximum Gasteiger partial charge on any atom is 0.243 e. The maximum atomic E-state index is 15.0. The van der Waals surface area contributed by atoms with Gasteiger partial charge < -0.3 is 15.5 Å². The molecule has 2 aliphatic carbocycles. The first-order valence-corrected chi connectivity index (χ1v) is 17.8. The van der Waals surface area contributed by atoms with E-state index in [1.807, 2.05) is 18.7 Å². The van der Waals surface area contributed by atoms with Crippen LogP contribution in [0, 0.1) is 23.0 Å². The predicted octanol–water partition coefficient (Wildman–Crippen LogP) is 5.57. The summed E-state index contributed by atoms with van der Waals surface area (Å²) in [6.45, 7) is 9.44. The summed E-state index contributed by atoms with van der Waals surface area (Å²) in [6.07, 6.45) is 12.0. The molecule has 0 bridgehead atoms. The molecule has 0 aromatic heterocycles. The highest BCUT2D eigenvalue weighted by Crippen LogP contribution is 2.44. The minimum atomic E-state index is -0.984. The fourth-order valence-electron chi connectivity index (χ4n) is 8.35. The van der Waals surface area contributed by atoms with Crippen LogP contribution in [0.5, 0.6) is 0 Å². The number of carbonyl (C=O) groups excluding carboxylic acids is 3. The van der Waals surface area contributed by atoms with Gasteiger partial charge in [-0.2, -0.15) is 0 Å². The summed E-state index contributed by atoms with van der Waals surface area (Å²) in [5.74, 6) is -2.03. The van der Waals surface area contributed by atoms with Crippen LogP contribution in [0.1, 0.15) is 123 Å². The lowest BCUT2D eigenvalue weighted by atomic mass is 9.64. The lowest BCUT2D eigenvalue weighted by Gasteiger charge is -2.42. The lowest BCUT2D eigenvalue weighted by molar-refractivity contribution is -0.140. The van der Waals surface area contributed by atoms with Gasteiger partial charge in [-0.15, -0.1) is 0 Å². The summed E-state index contributed by atoms with van der Waals surface area (Å²) in [6, 6.07) is 2.34. The molecule has 4 aliphatic rings. The lowest BCUT2D eigenvalue weighted by Crippen LogP contribution is -2.59. The summed E-state index contributed by atoms with van der Waals surface area (Å²) in [5.41, 5.74) is 0.510. The minimum absolute atomic E-state index is 0.0847. The second-order valence-electron chi connectivity index (χ2n) is 15.3. The number of nitrogens with zero attached hydrogens (tertiary/aromatic N) is 2. The molecule has 2 heterocycles. The van der Waals surface area contributed by atoms with Crippen molar-refractivity contribution in [3.05, 3.63) is 35.4 Å². The summed E-state index contributed by atoms with van der Waals surface area (Å²) in [5, 5.41) is 9.67. The maximum absolute atomic E-state index is 15.0. The molecule has 256 valence electrons. The van der Waals surface area contributed by atoms with Crippen molar-refractivity contribution in [1.82, 2.24) is 25.8 Å². The fourth-order valence-corrected chi connectivity index (χ4v) is 8.35. The van der Waals surface area contributed by atoms with Gasteiger partial charge in [0.05, 0.1) is 18.6 Å². The normalized spacial score (nSPS) is 27.6. The predicted molar refractivity (Wildman–Crippen MR) is 175 cm³/mol. The molecule has 5 atom stereocenters. The van der Waals surface area contributed by atoms with Gasteiger partial charge in [-0.3, -0.25) is 24.6 Å². The van der Waals surface area contributed by atoms with E-state index in [1.54, 1.807) is 0 Å². The van der Waals surface area contributed by atoms with E-state index in [0.29, 0.717) is 18.7 Å². The molecule has 0 spiro atoms. The van der Waals surface area contributed by atoms with E-state index >= 15 is 0 Å². The molecule has 5 rings (SSSR count). The largest absolute Gasteiger partial charge is 0.349 e. The molecule has 2 saturated heterocycles. The Kier molecular flexibility index (Phi) is 11.4. The quantitative estimate of drug-likeness (QED) is 0.328. The first-order valence-electron chi connectivity index (χ1n) is 17.8. The third-order valence-corrected chi connectivity index (χ3v) is 11.0. The molecule has 10 heteroatoms. The van der Waals surface area contributed by atoms with Crippen LogP contribution in [0.3, 0.4) is 0 Å². The number of halogens is 2. The second-order valence-corrected chi connectivity index (χ2v) is 15.3. The van der Waals surface area contributed by atoms with E-state index in [9.17, 15) is 23.2 Å². The number of likely N-dealkylation sites (tertiary alicyclic amines) is 1. The highest BCUT2D eigenvalue weighted by atomic mass is 19.1. The van der Waals surface area contributed by atoms with Gasteiger partial charge in [0.25, 0.3) is 0 Å². The first kappa shape index (κ1) is 34.7. The number of rotatable bonds is 9. The van der Waals surface area contributed by atoms with Gasteiger partial charge in [-0.05, 0) is 70.3 Å². The van der Waals surface area contributed by atoms with Gasteiger partial charge in [-0.25, -0.2) is 8.78 Å². The van der Waals surface area contributed by atoms with Crippen LogP contribution in [-0.2, 0) is 14.4 Å². The van der Waals surface area contributed by atoms with E-state index in [-0.39, 0.29) is 59.8 Å². The molecule has 3 amide bonds. The van der Waals surface area contributed by atoms with E-state index in [1.165, 1.54) is 31.4 Å². The SMILES string of the molecule is C[C@H](NC(=O)[C@H](CC(=O)N1CCCC[C@@H]1C)NC(=O)C1CC(C)(C)C1)C1NC(c2ccc(F)cc2F)CN1C1CCCCCCC1. The Morgan fingerprint density at radius 2 is 1.65 bits per heavy atom. The van der Waals surface area contributed by atoms with E-state index < -0.39 is 23.7 Å². The number of piperidine rings is 1. The van der Waals surface area contributed by atoms with Gasteiger partial charge in [-0.1, -0.05) is 52.0 Å². The summed E-state index contributed by atoms with van der Waals surface area (Å²) in [4.78, 5) is 44.9. The Hall–Kier alpha value is -2.59. The second kappa shape index (κ2) is 15.1. The molecule has 4 fully saturated rings. The smallest absolute Gasteiger partial charge is 0.243 e. The van der Waals surface area contributed by atoms with Crippen molar-refractivity contribution < 1.29 is 23.2 Å². The number of hydrogen-bond acceptors (Lipinski definition) is 5. The fraction of sp³-hybridized carbons (Fsp3) is 0.750. The molecule has 2 saturated carbocycles. The summed E-state index contributed by atoms with van der Waals surface area (Å²) >= 11 is 0. The van der Waals surface area contributed by atoms with Crippen molar-refractivity contribution in [2.24, 2.45) is 11.3 Å². The van der Waals surface area contributed by atoms with Crippen molar-refractivity contribution in [2.45, 2.75) is 148 Å². The molecule has 46 heavy (non-hydrogen) atoms. The third kappa shape index (κ3) is 8.46. The Balaban J connectivity index is 1.33. The average molecular weight is 644 g/mol. The van der Waals surface area contributed by atoms with E-state index in [4.69, 9.17) is 0 Å². The molecule has 0 radical (unpaired) electrons. The molecular formula is C36H55F2N5O3. The van der Waals surface area contributed by atoms with Crippen molar-refractivity contribution in [3.8, 4) is 0 Å². The van der Waals surface area contributed by atoms with Crippen molar-refractivity contribution >= 4 is 17.7 Å². The van der Waals surface area contributed by atoms with Crippen LogP contribution in [-0.4, -0.2) is 70.9 Å². The van der Waals surface area contributed by atoms with Crippen LogP contribution >= 0.6 is 0 Å². The minimum Gasteiger partial charge on any atom is -0.349 e. The molecule has 3 N–H and O–H groups in total. The Morgan fingerprint density at radius 3 is 2.30 bits per heavy atom. The Morgan fingerprint density at radius 1 is 0.978 bits per heavy atom. The van der Waals surface area contributed by atoms with Crippen LogP contribution in [0.15, 0.2) is 18.2 Å². The zero-order chi connectivity index (χ0) is 33.0. The van der Waals surface area contributed by atoms with Crippen LogP contribution in [0.2, 0.25) is 0 Å². The topological polar surface area (TPSA) is 93.8 Å². The standard InChI is InChI=1S/C36H55F2N5O3/c1-23-12-10-11-17-42(23)32(44)19-30(41-34(45)25-20-36(3,4)21-25)35(46)39-24(2)33-40-31(28-16-15-26(37)18-29(28)38)22-43(33)27-13-8-6-5-7-9-14-27/h15-16,18,23-25,27,30-31,33,40H,5-14,17,19-22H2,1-4H3,(H,39,46)(H,41,45)/t23-,24-,30-,31?,33?/m0/s1. The number of amides is 3. The van der Waals surface area contributed by atoms with Crippen LogP contribution in [0.4, 0.5) is 8.78 Å². The zero-order valence-corrected chi connectivity index (χ0v) is 28.3. The first-order chi connectivity index (χ1) is 21.9. The average Bonchev–Trinajstić information content (AvgIpc) is 3.40. The Labute approximate surface area is 273 Å². The summed E-state index contributed by atoms with van der Waals surface area (Å²) < 4.78 is 28.7. The summed E-state index contributed by atoms with van der Waals surface area (Å²) in [7, 11) is 0. The van der Waals surface area contributed by atoms with Gasteiger partial charge >= 0.3 is 0 Å². The molecule has 8 nitrogen and oxygen atoms in total. The molecule has 2 unspecified atom stereocenters. The van der Waals surface area contributed by atoms with E-state index in [2.05, 4.69) is 34.7 Å². The number of carbonyl (C=O) groups is 3. The monoisotopic (exact) mass is 643 g/mol. The highest BCUT2D eigenvalue weighted by Gasteiger charge is 2.43. The number of nitrogens with one attached hydrogen (secondary N) is 3. The van der Waals surface area contributed by atoms with Gasteiger partial charge in [0.15, 0.2) is 0 Å². The molecule has 1 aromatic carbocycles. The highest BCUT2D eigenvalue weighted by molar-refractivity contribution is 5.93. The van der Waals surface area contributed by atoms with E-state index in [0.717, 1.165) is 63.9 Å². The van der Waals surface area contributed by atoms with Crippen molar-refractivity contribution in [3.63, 3.8) is 0 Å². The number of benzene rings is 1. The van der Waals surface area contributed by atoms with Crippen LogP contribution in [0.25, 0.3) is 0 Å². The molecule has 2 aliphatic heterocycles. The molecule has 1 aromatic rings. The van der Waals surface area contributed by atoms with Gasteiger partial charge in [0.2, 0.25) is 17.7 Å².